The molecule has 8 nitrogen and oxygen atoms in total. The molecule has 1 aliphatic carbocycles. The van der Waals surface area contributed by atoms with Crippen molar-refractivity contribution in [3.63, 3.8) is 0 Å². The maximum atomic E-state index is 12.5. The first kappa shape index (κ1) is 15.9. The third kappa shape index (κ3) is 2.94. The van der Waals surface area contributed by atoms with Crippen molar-refractivity contribution < 1.29 is 23.4 Å². The summed E-state index contributed by atoms with van der Waals surface area (Å²) < 4.78 is 28.7. The lowest BCUT2D eigenvalue weighted by atomic mass is 9.78. The zero-order chi connectivity index (χ0) is 15.8. The average molecular weight is 317 g/mol. The number of aliphatic hydroxyl groups is 1. The lowest BCUT2D eigenvalue weighted by Crippen LogP contribution is -2.56. The summed E-state index contributed by atoms with van der Waals surface area (Å²) in [4.78, 5) is 10.8. The number of aliphatic hydroxyl groups excluding tert-OH is 1. The van der Waals surface area contributed by atoms with Gasteiger partial charge in [0.15, 0.2) is 0 Å². The van der Waals surface area contributed by atoms with Crippen LogP contribution in [0.3, 0.4) is 0 Å². The molecule has 0 aromatic carbocycles. The molecule has 0 bridgehead atoms. The monoisotopic (exact) mass is 317 g/mol. The van der Waals surface area contributed by atoms with Crippen molar-refractivity contribution in [2.45, 2.75) is 50.1 Å². The van der Waals surface area contributed by atoms with Crippen molar-refractivity contribution in [1.82, 2.24) is 14.5 Å². The molecule has 2 rings (SSSR count). The molecule has 0 unspecified atom stereocenters. The molecule has 0 radical (unpaired) electrons. The van der Waals surface area contributed by atoms with E-state index in [0.29, 0.717) is 12.8 Å². The minimum Gasteiger partial charge on any atom is -0.480 e. The van der Waals surface area contributed by atoms with Gasteiger partial charge in [-0.1, -0.05) is 0 Å². The first-order valence-electron chi connectivity index (χ1n) is 6.61. The van der Waals surface area contributed by atoms with Gasteiger partial charge in [-0.25, -0.2) is 13.1 Å². The zero-order valence-electron chi connectivity index (χ0n) is 12.0. The van der Waals surface area contributed by atoms with Crippen molar-refractivity contribution in [3.8, 4) is 0 Å². The van der Waals surface area contributed by atoms with E-state index in [4.69, 9.17) is 5.11 Å². The molecule has 1 aromatic rings. The number of carboxylic acids is 1. The van der Waals surface area contributed by atoms with E-state index in [9.17, 15) is 18.3 Å². The van der Waals surface area contributed by atoms with Gasteiger partial charge < -0.3 is 10.2 Å². The molecule has 0 saturated heterocycles. The SMILES string of the molecule is Cc1nn(CC(=O)O)c(C)c1S(=O)(=O)NC1(CO)CCC1. The Morgan fingerprint density at radius 3 is 2.48 bits per heavy atom. The van der Waals surface area contributed by atoms with Gasteiger partial charge in [0.25, 0.3) is 0 Å². The summed E-state index contributed by atoms with van der Waals surface area (Å²) in [5, 5.41) is 22.2. The smallest absolute Gasteiger partial charge is 0.325 e. The van der Waals surface area contributed by atoms with Crippen LogP contribution in [0, 0.1) is 13.8 Å². The Bertz CT molecular complexity index is 655. The van der Waals surface area contributed by atoms with Crippen LogP contribution < -0.4 is 4.72 Å². The topological polar surface area (TPSA) is 122 Å². The number of rotatable bonds is 6. The van der Waals surface area contributed by atoms with Gasteiger partial charge in [-0.05, 0) is 33.1 Å². The number of sulfonamides is 1. The molecule has 0 amide bonds. The van der Waals surface area contributed by atoms with Crippen LogP contribution in [0.25, 0.3) is 0 Å². The van der Waals surface area contributed by atoms with Crippen LogP contribution in [0.5, 0.6) is 0 Å². The van der Waals surface area contributed by atoms with Crippen molar-refractivity contribution >= 4 is 16.0 Å². The van der Waals surface area contributed by atoms with Crippen molar-refractivity contribution in [3.05, 3.63) is 11.4 Å². The van der Waals surface area contributed by atoms with Gasteiger partial charge in [-0.3, -0.25) is 9.48 Å². The second-order valence-corrected chi connectivity index (χ2v) is 7.07. The van der Waals surface area contributed by atoms with Crippen LogP contribution in [0.4, 0.5) is 0 Å². The normalized spacial score (nSPS) is 17.5. The zero-order valence-corrected chi connectivity index (χ0v) is 12.8. The Hall–Kier alpha value is -1.45. The molecule has 1 aliphatic rings. The highest BCUT2D eigenvalue weighted by atomic mass is 32.2. The van der Waals surface area contributed by atoms with E-state index >= 15 is 0 Å². The standard InChI is InChI=1S/C12H19N3O5S/c1-8-11(9(2)15(13-8)6-10(17)18)21(19,20)14-12(7-16)4-3-5-12/h14,16H,3-7H2,1-2H3,(H,17,18). The molecule has 1 aromatic heterocycles. The minimum atomic E-state index is -3.85. The van der Waals surface area contributed by atoms with Crippen LogP contribution in [-0.4, -0.2) is 46.5 Å². The van der Waals surface area contributed by atoms with Crippen LogP contribution in [-0.2, 0) is 21.4 Å². The molecule has 21 heavy (non-hydrogen) atoms. The van der Waals surface area contributed by atoms with E-state index < -0.39 is 28.1 Å². The number of carbonyl (C=O) groups is 1. The molecule has 118 valence electrons. The number of aromatic nitrogens is 2. The molecule has 0 atom stereocenters. The third-order valence-corrected chi connectivity index (χ3v) is 5.66. The summed E-state index contributed by atoms with van der Waals surface area (Å²) in [6, 6.07) is 0. The largest absolute Gasteiger partial charge is 0.480 e. The van der Waals surface area contributed by atoms with Gasteiger partial charge in [0.2, 0.25) is 10.0 Å². The van der Waals surface area contributed by atoms with Crippen LogP contribution in [0.1, 0.15) is 30.7 Å². The number of aryl methyl sites for hydroxylation is 1. The van der Waals surface area contributed by atoms with Gasteiger partial charge in [0.05, 0.1) is 23.5 Å². The van der Waals surface area contributed by atoms with E-state index in [-0.39, 0.29) is 22.9 Å². The second kappa shape index (κ2) is 5.39. The molecule has 1 saturated carbocycles. The van der Waals surface area contributed by atoms with Crippen molar-refractivity contribution in [1.29, 1.82) is 0 Å². The Kier molecular flexibility index (Phi) is 4.09. The highest BCUT2D eigenvalue weighted by molar-refractivity contribution is 7.89. The quantitative estimate of drug-likeness (QED) is 0.667. The number of nitrogens with one attached hydrogen (secondary N) is 1. The summed E-state index contributed by atoms with van der Waals surface area (Å²) in [5.74, 6) is -1.09. The first-order valence-corrected chi connectivity index (χ1v) is 8.10. The van der Waals surface area contributed by atoms with Crippen LogP contribution >= 0.6 is 0 Å². The van der Waals surface area contributed by atoms with E-state index in [1.54, 1.807) is 0 Å². The molecule has 3 N–H and O–H groups in total. The number of nitrogens with zero attached hydrogens (tertiary/aromatic N) is 2. The molecule has 9 heteroatoms. The highest BCUT2D eigenvalue weighted by Crippen LogP contribution is 2.33. The van der Waals surface area contributed by atoms with Gasteiger partial charge in [0.1, 0.15) is 11.4 Å². The summed E-state index contributed by atoms with van der Waals surface area (Å²) in [5.41, 5.74) is -0.282. The number of carboxylic acid groups (broad SMARTS) is 1. The molecule has 0 aliphatic heterocycles. The Morgan fingerprint density at radius 2 is 2.05 bits per heavy atom. The van der Waals surface area contributed by atoms with E-state index in [0.717, 1.165) is 11.1 Å². The fourth-order valence-electron chi connectivity index (χ4n) is 2.58. The minimum absolute atomic E-state index is 0.0107. The van der Waals surface area contributed by atoms with Gasteiger partial charge >= 0.3 is 5.97 Å². The predicted molar refractivity (Wildman–Crippen MR) is 73.3 cm³/mol. The lowest BCUT2D eigenvalue weighted by Gasteiger charge is -2.40. The van der Waals surface area contributed by atoms with Gasteiger partial charge in [-0.2, -0.15) is 5.10 Å². The van der Waals surface area contributed by atoms with Crippen molar-refractivity contribution in [2.24, 2.45) is 0 Å². The van der Waals surface area contributed by atoms with Crippen molar-refractivity contribution in [2.75, 3.05) is 6.61 Å². The van der Waals surface area contributed by atoms with Crippen LogP contribution in [0.15, 0.2) is 4.90 Å². The maximum absolute atomic E-state index is 12.5. The summed E-state index contributed by atoms with van der Waals surface area (Å²) in [6.45, 7) is 2.39. The average Bonchev–Trinajstić information content (AvgIpc) is 2.59. The number of hydrogen-bond donors (Lipinski definition) is 3. The van der Waals surface area contributed by atoms with Gasteiger partial charge in [-0.15, -0.1) is 0 Å². The number of aliphatic carboxylic acids is 1. The second-order valence-electron chi connectivity index (χ2n) is 5.45. The summed E-state index contributed by atoms with van der Waals surface area (Å²) >= 11 is 0. The van der Waals surface area contributed by atoms with E-state index in [2.05, 4.69) is 9.82 Å². The van der Waals surface area contributed by atoms with Crippen LogP contribution in [0.2, 0.25) is 0 Å². The lowest BCUT2D eigenvalue weighted by molar-refractivity contribution is -0.137. The van der Waals surface area contributed by atoms with E-state index in [1.807, 2.05) is 0 Å². The molecule has 0 spiro atoms. The third-order valence-electron chi connectivity index (χ3n) is 3.83. The Morgan fingerprint density at radius 1 is 1.43 bits per heavy atom. The predicted octanol–water partition coefficient (Wildman–Crippen LogP) is -0.222. The summed E-state index contributed by atoms with van der Waals surface area (Å²) in [7, 11) is -3.85. The molecule has 1 fully saturated rings. The number of hydrogen-bond acceptors (Lipinski definition) is 5. The molecule has 1 heterocycles. The Balaban J connectivity index is 2.36. The highest BCUT2D eigenvalue weighted by Gasteiger charge is 2.41. The van der Waals surface area contributed by atoms with Gasteiger partial charge in [0, 0.05) is 0 Å². The fraction of sp³-hybridized carbons (Fsp3) is 0.667. The maximum Gasteiger partial charge on any atom is 0.325 e. The first-order chi connectivity index (χ1) is 9.71. The summed E-state index contributed by atoms with van der Waals surface area (Å²) in [6.07, 6.45) is 2.04. The van der Waals surface area contributed by atoms with E-state index in [1.165, 1.54) is 13.8 Å². The molecular weight excluding hydrogens is 298 g/mol. The fourth-order valence-corrected chi connectivity index (χ4v) is 4.45. The Labute approximate surface area is 122 Å². The molecular formula is C12H19N3O5S.